The van der Waals surface area contributed by atoms with Crippen molar-refractivity contribution in [3.63, 3.8) is 0 Å². The molecule has 2 atom stereocenters. The van der Waals surface area contributed by atoms with Crippen LogP contribution < -0.4 is 9.47 Å². The molecule has 2 unspecified atom stereocenters. The lowest BCUT2D eigenvalue weighted by Gasteiger charge is -2.23. The van der Waals surface area contributed by atoms with Crippen LogP contribution in [0.5, 0.6) is 23.0 Å². The molecule has 0 aromatic heterocycles. The molecule has 10 heteroatoms. The molecule has 10 nitrogen and oxygen atoms in total. The number of phenolic OH excluding ortho intramolecular Hbond substituents is 1. The molecule has 0 radical (unpaired) electrons. The Morgan fingerprint density at radius 1 is 0.800 bits per heavy atom. The molecule has 0 amide bonds. The molecular formula is C25H30O10. The van der Waals surface area contributed by atoms with Crippen LogP contribution in [-0.2, 0) is 14.2 Å². The fourth-order valence-corrected chi connectivity index (χ4v) is 3.54. The van der Waals surface area contributed by atoms with Gasteiger partial charge in [-0.1, -0.05) is 0 Å². The van der Waals surface area contributed by atoms with Crippen LogP contribution in [0.1, 0.15) is 59.2 Å². The van der Waals surface area contributed by atoms with E-state index in [1.54, 1.807) is 6.07 Å². The van der Waals surface area contributed by atoms with E-state index in [1.165, 1.54) is 37.4 Å². The molecule has 190 valence electrons. The Labute approximate surface area is 203 Å². The number of benzene rings is 2. The number of carbonyl (C=O) groups is 2. The largest absolute Gasteiger partial charge is 0.507 e. The first kappa shape index (κ1) is 26.1. The number of aromatic carboxylic acids is 1. The zero-order chi connectivity index (χ0) is 25.2. The van der Waals surface area contributed by atoms with Crippen molar-refractivity contribution >= 4 is 11.9 Å². The Morgan fingerprint density at radius 3 is 1.66 bits per heavy atom. The molecule has 4 rings (SSSR count). The average molecular weight is 491 g/mol. The monoisotopic (exact) mass is 490 g/mol. The van der Waals surface area contributed by atoms with E-state index in [0.717, 1.165) is 38.5 Å². The van der Waals surface area contributed by atoms with Gasteiger partial charge in [-0.2, -0.15) is 0 Å². The van der Waals surface area contributed by atoms with Gasteiger partial charge >= 0.3 is 11.9 Å². The third kappa shape index (κ3) is 7.76. The smallest absolute Gasteiger partial charge is 0.341 e. The van der Waals surface area contributed by atoms with E-state index in [2.05, 4.69) is 4.74 Å². The van der Waals surface area contributed by atoms with Gasteiger partial charge in [0.15, 0.2) is 12.6 Å². The topological polar surface area (TPSA) is 141 Å². The van der Waals surface area contributed by atoms with E-state index in [4.69, 9.17) is 24.1 Å². The van der Waals surface area contributed by atoms with Crippen molar-refractivity contribution in [1.82, 2.24) is 0 Å². The first-order valence-corrected chi connectivity index (χ1v) is 11.4. The van der Waals surface area contributed by atoms with Gasteiger partial charge in [-0.3, -0.25) is 0 Å². The highest BCUT2D eigenvalue weighted by atomic mass is 16.7. The van der Waals surface area contributed by atoms with Gasteiger partial charge in [0.05, 0.1) is 20.3 Å². The Bertz CT molecular complexity index is 994. The second kappa shape index (κ2) is 12.8. The third-order valence-electron chi connectivity index (χ3n) is 5.38. The highest BCUT2D eigenvalue weighted by molar-refractivity contribution is 5.92. The predicted molar refractivity (Wildman–Crippen MR) is 123 cm³/mol. The Kier molecular flexibility index (Phi) is 9.56. The minimum atomic E-state index is -1.16. The second-order valence-corrected chi connectivity index (χ2v) is 7.98. The SMILES string of the molecule is COC(=O)c1ccc(OC2CCCCO2)cc1O.O=C(O)c1ccc(OC2CCCCO2)cc1O. The van der Waals surface area contributed by atoms with Crippen LogP contribution in [0.2, 0.25) is 0 Å². The molecular weight excluding hydrogens is 460 g/mol. The Hall–Kier alpha value is -3.50. The van der Waals surface area contributed by atoms with E-state index in [9.17, 15) is 19.8 Å². The van der Waals surface area contributed by atoms with Crippen molar-refractivity contribution in [2.24, 2.45) is 0 Å². The fraction of sp³-hybridized carbons (Fsp3) is 0.440. The molecule has 0 aliphatic carbocycles. The third-order valence-corrected chi connectivity index (χ3v) is 5.38. The molecule has 0 spiro atoms. The van der Waals surface area contributed by atoms with E-state index < -0.39 is 11.9 Å². The molecule has 35 heavy (non-hydrogen) atoms. The summed E-state index contributed by atoms with van der Waals surface area (Å²) in [6, 6.07) is 8.60. The van der Waals surface area contributed by atoms with Gasteiger partial charge in [0, 0.05) is 25.0 Å². The van der Waals surface area contributed by atoms with Gasteiger partial charge in [0.2, 0.25) is 0 Å². The number of esters is 1. The van der Waals surface area contributed by atoms with Crippen molar-refractivity contribution in [3.8, 4) is 23.0 Å². The van der Waals surface area contributed by atoms with Crippen molar-refractivity contribution < 1.29 is 48.6 Å². The maximum atomic E-state index is 11.3. The summed E-state index contributed by atoms with van der Waals surface area (Å²) in [6.07, 6.45) is 5.25. The molecule has 0 bridgehead atoms. The van der Waals surface area contributed by atoms with Crippen LogP contribution in [-0.4, -0.2) is 60.2 Å². The quantitative estimate of drug-likeness (QED) is 0.507. The molecule has 0 saturated carbocycles. The number of hydrogen-bond donors (Lipinski definition) is 3. The predicted octanol–water partition coefficient (Wildman–Crippen LogP) is 4.08. The van der Waals surface area contributed by atoms with Gasteiger partial charge in [-0.25, -0.2) is 9.59 Å². The van der Waals surface area contributed by atoms with Crippen LogP contribution in [0.3, 0.4) is 0 Å². The number of hydrogen-bond acceptors (Lipinski definition) is 9. The average Bonchev–Trinajstić information content (AvgIpc) is 2.85. The fourth-order valence-electron chi connectivity index (χ4n) is 3.54. The standard InChI is InChI=1S/C13H16O5.C12H14O5/c1-16-13(15)10-6-5-9(8-11(10)14)18-12-4-2-3-7-17-12;13-10-7-8(4-5-9(10)12(14)15)17-11-3-1-2-6-16-11/h5-6,8,12,14H,2-4,7H2,1H3;4-5,7,11,13H,1-3,6H2,(H,14,15). The molecule has 2 aromatic carbocycles. The number of methoxy groups -OCH3 is 1. The van der Waals surface area contributed by atoms with Crippen molar-refractivity contribution in [3.05, 3.63) is 47.5 Å². The summed E-state index contributed by atoms with van der Waals surface area (Å²) in [7, 11) is 1.27. The van der Waals surface area contributed by atoms with Crippen LogP contribution in [0.25, 0.3) is 0 Å². The lowest BCUT2D eigenvalue weighted by atomic mass is 10.2. The number of ether oxygens (including phenoxy) is 5. The van der Waals surface area contributed by atoms with E-state index >= 15 is 0 Å². The summed E-state index contributed by atoms with van der Waals surface area (Å²) in [6.45, 7) is 1.36. The van der Waals surface area contributed by atoms with E-state index in [1.807, 2.05) is 0 Å². The molecule has 2 aromatic rings. The summed E-state index contributed by atoms with van der Waals surface area (Å²) in [5.74, 6) is -1.30. The summed E-state index contributed by atoms with van der Waals surface area (Å²) < 4.78 is 26.4. The van der Waals surface area contributed by atoms with Crippen LogP contribution in [0.4, 0.5) is 0 Å². The van der Waals surface area contributed by atoms with E-state index in [0.29, 0.717) is 24.7 Å². The van der Waals surface area contributed by atoms with Gasteiger partial charge in [0.1, 0.15) is 34.1 Å². The first-order chi connectivity index (χ1) is 16.9. The summed E-state index contributed by atoms with van der Waals surface area (Å²) in [5.41, 5.74) is -0.0173. The van der Waals surface area contributed by atoms with Crippen LogP contribution in [0, 0.1) is 0 Å². The maximum Gasteiger partial charge on any atom is 0.341 e. The number of carboxylic acid groups (broad SMARTS) is 1. The maximum absolute atomic E-state index is 11.3. The highest BCUT2D eigenvalue weighted by Crippen LogP contribution is 2.27. The van der Waals surface area contributed by atoms with Crippen LogP contribution >= 0.6 is 0 Å². The number of carboxylic acids is 1. The zero-order valence-corrected chi connectivity index (χ0v) is 19.5. The van der Waals surface area contributed by atoms with Crippen molar-refractivity contribution in [1.29, 1.82) is 0 Å². The number of carbonyl (C=O) groups excluding carboxylic acids is 1. The summed E-state index contributed by atoms with van der Waals surface area (Å²) in [5, 5.41) is 27.9. The molecule has 2 aliphatic rings. The van der Waals surface area contributed by atoms with E-state index in [-0.39, 0.29) is 35.2 Å². The first-order valence-electron chi connectivity index (χ1n) is 11.4. The number of aromatic hydroxyl groups is 2. The minimum absolute atomic E-state index is 0.120. The highest BCUT2D eigenvalue weighted by Gasteiger charge is 2.18. The molecule has 2 aliphatic heterocycles. The summed E-state index contributed by atoms with van der Waals surface area (Å²) in [4.78, 5) is 22.0. The lowest BCUT2D eigenvalue weighted by Crippen LogP contribution is -2.24. The molecule has 2 saturated heterocycles. The molecule has 2 fully saturated rings. The number of phenols is 2. The Morgan fingerprint density at radius 2 is 1.29 bits per heavy atom. The van der Waals surface area contributed by atoms with Gasteiger partial charge in [-0.15, -0.1) is 0 Å². The lowest BCUT2D eigenvalue weighted by molar-refractivity contribution is -0.106. The Balaban J connectivity index is 0.000000196. The second-order valence-electron chi connectivity index (χ2n) is 7.98. The van der Waals surface area contributed by atoms with Crippen molar-refractivity contribution in [2.45, 2.75) is 51.1 Å². The normalized spacial score (nSPS) is 19.6. The zero-order valence-electron chi connectivity index (χ0n) is 19.5. The molecule has 3 N–H and O–H groups in total. The van der Waals surface area contributed by atoms with Crippen LogP contribution in [0.15, 0.2) is 36.4 Å². The van der Waals surface area contributed by atoms with Crippen molar-refractivity contribution in [2.75, 3.05) is 20.3 Å². The van der Waals surface area contributed by atoms with Gasteiger partial charge < -0.3 is 39.0 Å². The van der Waals surface area contributed by atoms with Gasteiger partial charge in [-0.05, 0) is 49.9 Å². The molecule has 2 heterocycles. The number of rotatable bonds is 6. The summed E-state index contributed by atoms with van der Waals surface area (Å²) >= 11 is 0. The van der Waals surface area contributed by atoms with Gasteiger partial charge in [0.25, 0.3) is 0 Å². The minimum Gasteiger partial charge on any atom is -0.507 e.